The molecule has 1 unspecified atom stereocenters. The first-order chi connectivity index (χ1) is 7.12. The number of hydrogen-bond donors (Lipinski definition) is 0. The highest BCUT2D eigenvalue weighted by Crippen LogP contribution is 2.46. The Kier molecular flexibility index (Phi) is 5.08. The minimum absolute atomic E-state index is 0.422. The van der Waals surface area contributed by atoms with Crippen LogP contribution in [0.3, 0.4) is 0 Å². The topological polar surface area (TPSA) is 0 Å². The molecule has 0 spiro atoms. The Hall–Kier alpha value is -0.0700. The van der Waals surface area contributed by atoms with Crippen LogP contribution in [0.25, 0.3) is 0 Å². The zero-order valence-electron chi connectivity index (χ0n) is 10.7. The Morgan fingerprint density at radius 2 is 1.87 bits per heavy atom. The standard InChI is InChI=1S/C14H27F/c1-4-6-10-14(3,9-5-2)12-7-8-13(15)11-12/h12-13H,4-11H2,1-3H3/t12?,13-,14-/m1/s1. The summed E-state index contributed by atoms with van der Waals surface area (Å²) in [5.41, 5.74) is 0.422. The number of halogens is 1. The molecule has 0 radical (unpaired) electrons. The van der Waals surface area contributed by atoms with Crippen LogP contribution < -0.4 is 0 Å². The van der Waals surface area contributed by atoms with E-state index in [1.54, 1.807) is 0 Å². The van der Waals surface area contributed by atoms with Gasteiger partial charge in [0.15, 0.2) is 0 Å². The zero-order valence-corrected chi connectivity index (χ0v) is 10.7. The molecule has 0 aliphatic heterocycles. The van der Waals surface area contributed by atoms with Gasteiger partial charge in [-0.2, -0.15) is 0 Å². The van der Waals surface area contributed by atoms with Crippen LogP contribution in [0.1, 0.15) is 72.1 Å². The fraction of sp³-hybridized carbons (Fsp3) is 1.00. The van der Waals surface area contributed by atoms with Crippen LogP contribution in [0.15, 0.2) is 0 Å². The summed E-state index contributed by atoms with van der Waals surface area (Å²) in [7, 11) is 0. The van der Waals surface area contributed by atoms with Gasteiger partial charge in [0.1, 0.15) is 6.17 Å². The summed E-state index contributed by atoms with van der Waals surface area (Å²) < 4.78 is 13.3. The Labute approximate surface area is 94.6 Å². The molecule has 90 valence electrons. The van der Waals surface area contributed by atoms with E-state index in [4.69, 9.17) is 0 Å². The molecule has 0 nitrogen and oxygen atoms in total. The fourth-order valence-electron chi connectivity index (χ4n) is 3.24. The third-order valence-corrected chi connectivity index (χ3v) is 4.28. The molecule has 0 heterocycles. The fourth-order valence-corrected chi connectivity index (χ4v) is 3.24. The van der Waals surface area contributed by atoms with E-state index in [9.17, 15) is 4.39 Å². The Balaban J connectivity index is 2.54. The van der Waals surface area contributed by atoms with Crippen molar-refractivity contribution in [2.45, 2.75) is 78.3 Å². The Morgan fingerprint density at radius 3 is 2.33 bits per heavy atom. The minimum Gasteiger partial charge on any atom is -0.247 e. The molecule has 1 aliphatic carbocycles. The Morgan fingerprint density at radius 1 is 1.13 bits per heavy atom. The third kappa shape index (κ3) is 3.46. The summed E-state index contributed by atoms with van der Waals surface area (Å²) in [6, 6.07) is 0. The van der Waals surface area contributed by atoms with E-state index in [2.05, 4.69) is 20.8 Å². The van der Waals surface area contributed by atoms with Gasteiger partial charge < -0.3 is 0 Å². The first kappa shape index (κ1) is 13.0. The number of hydrogen-bond acceptors (Lipinski definition) is 0. The van der Waals surface area contributed by atoms with Crippen molar-refractivity contribution in [2.24, 2.45) is 11.3 Å². The lowest BCUT2D eigenvalue weighted by Crippen LogP contribution is -2.26. The van der Waals surface area contributed by atoms with Gasteiger partial charge >= 0.3 is 0 Å². The summed E-state index contributed by atoms with van der Waals surface area (Å²) in [6.07, 6.45) is 8.67. The second-order valence-electron chi connectivity index (χ2n) is 5.61. The molecule has 1 saturated carbocycles. The largest absolute Gasteiger partial charge is 0.247 e. The first-order valence-electron chi connectivity index (χ1n) is 6.76. The molecular formula is C14H27F. The summed E-state index contributed by atoms with van der Waals surface area (Å²) in [6.45, 7) is 6.90. The number of unbranched alkanes of at least 4 members (excludes halogenated alkanes) is 1. The highest BCUT2D eigenvalue weighted by molar-refractivity contribution is 4.88. The van der Waals surface area contributed by atoms with E-state index in [1.807, 2.05) is 0 Å². The lowest BCUT2D eigenvalue weighted by molar-refractivity contribution is 0.142. The molecule has 0 aromatic rings. The molecule has 1 aliphatic rings. The van der Waals surface area contributed by atoms with Crippen molar-refractivity contribution in [3.8, 4) is 0 Å². The van der Waals surface area contributed by atoms with E-state index in [-0.39, 0.29) is 0 Å². The maximum absolute atomic E-state index is 13.3. The van der Waals surface area contributed by atoms with Crippen molar-refractivity contribution in [1.82, 2.24) is 0 Å². The van der Waals surface area contributed by atoms with Crippen LogP contribution in [-0.4, -0.2) is 6.17 Å². The molecule has 3 atom stereocenters. The second-order valence-corrected chi connectivity index (χ2v) is 5.61. The lowest BCUT2D eigenvalue weighted by atomic mass is 9.70. The van der Waals surface area contributed by atoms with Gasteiger partial charge in [-0.1, -0.05) is 40.0 Å². The van der Waals surface area contributed by atoms with Crippen molar-refractivity contribution < 1.29 is 4.39 Å². The molecule has 0 N–H and O–H groups in total. The van der Waals surface area contributed by atoms with Gasteiger partial charge in [0.25, 0.3) is 0 Å². The van der Waals surface area contributed by atoms with Gasteiger partial charge in [-0.3, -0.25) is 0 Å². The minimum atomic E-state index is -0.507. The average molecular weight is 214 g/mol. The molecule has 0 saturated heterocycles. The number of alkyl halides is 1. The van der Waals surface area contributed by atoms with Gasteiger partial charge in [0.05, 0.1) is 0 Å². The van der Waals surface area contributed by atoms with Gasteiger partial charge in [0, 0.05) is 0 Å². The maximum atomic E-state index is 13.3. The third-order valence-electron chi connectivity index (χ3n) is 4.28. The van der Waals surface area contributed by atoms with Gasteiger partial charge in [-0.25, -0.2) is 4.39 Å². The lowest BCUT2D eigenvalue weighted by Gasteiger charge is -2.36. The Bertz CT molecular complexity index is 178. The quantitative estimate of drug-likeness (QED) is 0.575. The molecule has 1 heteroatoms. The predicted octanol–water partition coefficient (Wildman–Crippen LogP) is 5.12. The molecule has 1 rings (SSSR count). The maximum Gasteiger partial charge on any atom is 0.100 e. The molecule has 0 amide bonds. The second kappa shape index (κ2) is 5.86. The molecular weight excluding hydrogens is 187 g/mol. The monoisotopic (exact) mass is 214 g/mol. The van der Waals surface area contributed by atoms with Crippen LogP contribution in [0.5, 0.6) is 0 Å². The van der Waals surface area contributed by atoms with Crippen LogP contribution in [0.2, 0.25) is 0 Å². The van der Waals surface area contributed by atoms with Crippen molar-refractivity contribution in [2.75, 3.05) is 0 Å². The zero-order chi connectivity index (χ0) is 11.3. The summed E-state index contributed by atoms with van der Waals surface area (Å²) in [4.78, 5) is 0. The van der Waals surface area contributed by atoms with E-state index in [1.165, 1.54) is 32.1 Å². The van der Waals surface area contributed by atoms with Crippen molar-refractivity contribution >= 4 is 0 Å². The first-order valence-corrected chi connectivity index (χ1v) is 6.76. The van der Waals surface area contributed by atoms with Crippen molar-refractivity contribution in [3.63, 3.8) is 0 Å². The van der Waals surface area contributed by atoms with Gasteiger partial charge in [0.2, 0.25) is 0 Å². The average Bonchev–Trinajstić information content (AvgIpc) is 2.63. The van der Waals surface area contributed by atoms with Crippen LogP contribution in [-0.2, 0) is 0 Å². The summed E-state index contributed by atoms with van der Waals surface area (Å²) >= 11 is 0. The summed E-state index contributed by atoms with van der Waals surface area (Å²) in [5, 5.41) is 0. The van der Waals surface area contributed by atoms with Crippen molar-refractivity contribution in [3.05, 3.63) is 0 Å². The predicted molar refractivity (Wildman–Crippen MR) is 64.8 cm³/mol. The number of rotatable bonds is 6. The van der Waals surface area contributed by atoms with E-state index >= 15 is 0 Å². The molecule has 0 aromatic carbocycles. The smallest absolute Gasteiger partial charge is 0.100 e. The van der Waals surface area contributed by atoms with Crippen LogP contribution in [0, 0.1) is 11.3 Å². The van der Waals surface area contributed by atoms with E-state index in [0.29, 0.717) is 11.3 Å². The van der Waals surface area contributed by atoms with E-state index < -0.39 is 6.17 Å². The SMILES string of the molecule is CCCC[C@@](C)(CCC)C1CC[C@@H](F)C1. The highest BCUT2D eigenvalue weighted by atomic mass is 19.1. The normalized spacial score (nSPS) is 30.4. The van der Waals surface area contributed by atoms with Crippen LogP contribution in [0.4, 0.5) is 4.39 Å². The summed E-state index contributed by atoms with van der Waals surface area (Å²) in [5.74, 6) is 0.652. The molecule has 0 bridgehead atoms. The molecule has 1 fully saturated rings. The van der Waals surface area contributed by atoms with Crippen molar-refractivity contribution in [1.29, 1.82) is 0 Å². The molecule has 15 heavy (non-hydrogen) atoms. The van der Waals surface area contributed by atoms with E-state index in [0.717, 1.165) is 19.3 Å². The van der Waals surface area contributed by atoms with Gasteiger partial charge in [-0.05, 0) is 43.4 Å². The van der Waals surface area contributed by atoms with Crippen LogP contribution >= 0.6 is 0 Å². The van der Waals surface area contributed by atoms with Gasteiger partial charge in [-0.15, -0.1) is 0 Å². The highest BCUT2D eigenvalue weighted by Gasteiger charge is 2.38. The molecule has 0 aromatic heterocycles.